The molecule has 0 amide bonds. The van der Waals surface area contributed by atoms with E-state index in [1.54, 1.807) is 22.7 Å². The molecule has 8 rings (SSSR count). The van der Waals surface area contributed by atoms with E-state index in [1.807, 2.05) is 12.1 Å². The number of benzene rings is 3. The molecule has 5 aromatic rings. The van der Waals surface area contributed by atoms with Crippen LogP contribution < -0.4 is 16.0 Å². The molecule has 0 saturated carbocycles. The van der Waals surface area contributed by atoms with Gasteiger partial charge in [0.05, 0.1) is 17.8 Å². The van der Waals surface area contributed by atoms with Crippen molar-refractivity contribution in [1.82, 2.24) is 20.9 Å². The molecule has 3 aromatic carbocycles. The number of nitrogens with one attached hydrogen (secondary N) is 3. The summed E-state index contributed by atoms with van der Waals surface area (Å²) in [5.74, 6) is -3.14. The number of hydrogen-bond acceptors (Lipinski definition) is 9. The van der Waals surface area contributed by atoms with Crippen LogP contribution in [0.4, 0.5) is 0 Å². The summed E-state index contributed by atoms with van der Waals surface area (Å²) in [7, 11) is 0. The maximum Gasteiger partial charge on any atom is 0.307 e. The third-order valence-corrected chi connectivity index (χ3v) is 15.0. The molecule has 3 fully saturated rings. The highest BCUT2D eigenvalue weighted by atomic mass is 32.1. The van der Waals surface area contributed by atoms with Crippen LogP contribution in [0.5, 0.6) is 0 Å². The number of hydrogen-bond donors (Lipinski definition) is 6. The smallest absolute Gasteiger partial charge is 0.307 e. The van der Waals surface area contributed by atoms with Gasteiger partial charge in [0.2, 0.25) is 0 Å². The fourth-order valence-electron chi connectivity index (χ4n) is 9.71. The Hall–Kier alpha value is -4.17. The lowest BCUT2D eigenvalue weighted by atomic mass is 9.86. The van der Waals surface area contributed by atoms with Gasteiger partial charge in [0.1, 0.15) is 0 Å². The van der Waals surface area contributed by atoms with E-state index in [2.05, 4.69) is 80.1 Å². The number of rotatable bonds is 18. The average Bonchev–Trinajstić information content (AvgIpc) is 4.07. The van der Waals surface area contributed by atoms with E-state index in [-0.39, 0.29) is 17.8 Å². The molecule has 6 atom stereocenters. The summed E-state index contributed by atoms with van der Waals surface area (Å²) in [5, 5.41) is 47.3. The Morgan fingerprint density at radius 1 is 0.569 bits per heavy atom. The van der Waals surface area contributed by atoms with Crippen LogP contribution in [0.2, 0.25) is 0 Å². The van der Waals surface area contributed by atoms with Crippen LogP contribution in [0.15, 0.2) is 71.4 Å². The molecule has 3 saturated heterocycles. The zero-order valence-corrected chi connectivity index (χ0v) is 34.5. The molecule has 10 nitrogen and oxygen atoms in total. The molecule has 6 N–H and O–H groups in total. The third kappa shape index (κ3) is 9.48. The van der Waals surface area contributed by atoms with Crippen LogP contribution in [-0.2, 0) is 53.3 Å². The van der Waals surface area contributed by atoms with Crippen LogP contribution in [0.3, 0.4) is 0 Å². The number of carboxylic acid groups (broad SMARTS) is 3. The average molecular weight is 823 g/mol. The fraction of sp³-hybridized carbons (Fsp3) is 0.457. The lowest BCUT2D eigenvalue weighted by Crippen LogP contribution is -2.27. The number of nitrogens with zero attached hydrogens (tertiary/aromatic N) is 1. The minimum atomic E-state index is -0.739. The highest BCUT2D eigenvalue weighted by Crippen LogP contribution is 2.34. The summed E-state index contributed by atoms with van der Waals surface area (Å²) in [6.45, 7) is 6.78. The van der Waals surface area contributed by atoms with Gasteiger partial charge in [0.15, 0.2) is 0 Å². The summed E-state index contributed by atoms with van der Waals surface area (Å²) in [6.07, 6.45) is 4.13. The molecule has 306 valence electrons. The van der Waals surface area contributed by atoms with Crippen LogP contribution in [0.25, 0.3) is 20.2 Å². The first-order valence-corrected chi connectivity index (χ1v) is 22.5. The van der Waals surface area contributed by atoms with Gasteiger partial charge < -0.3 is 31.3 Å². The van der Waals surface area contributed by atoms with Crippen molar-refractivity contribution in [3.63, 3.8) is 0 Å². The standard InChI is InChI=1S/C46H54N4O6S2/c51-44(52)39(32-8-11-47-20-32)17-28-2-1-3-31(14-28)23-50(24-35-26-57-42-6-4-29(15-37(35)42)18-40(45(53)54)33-9-12-48-21-33)25-36-27-58-43-7-5-30(16-38(36)43)19-41(46(55)56)34-10-13-49-22-34/h1-7,14-16,26-27,32-34,39-41,47-49H,8-13,17-25H2,(H,51,52)(H,53,54)(H,55,56)/t32-,33-,34-,39-,40-,41-/m0/s1. The van der Waals surface area contributed by atoms with Crippen molar-refractivity contribution in [2.45, 2.75) is 58.2 Å². The summed E-state index contributed by atoms with van der Waals surface area (Å²) in [6, 6.07) is 21.2. The van der Waals surface area contributed by atoms with Gasteiger partial charge in [-0.15, -0.1) is 22.7 Å². The number of aliphatic carboxylic acids is 3. The van der Waals surface area contributed by atoms with E-state index < -0.39 is 35.7 Å². The summed E-state index contributed by atoms with van der Waals surface area (Å²) < 4.78 is 2.35. The predicted octanol–water partition coefficient (Wildman–Crippen LogP) is 6.88. The largest absolute Gasteiger partial charge is 0.481 e. The molecule has 58 heavy (non-hydrogen) atoms. The van der Waals surface area contributed by atoms with E-state index in [4.69, 9.17) is 0 Å². The molecule has 0 spiro atoms. The van der Waals surface area contributed by atoms with Gasteiger partial charge in [-0.1, -0.05) is 36.4 Å². The van der Waals surface area contributed by atoms with Gasteiger partial charge in [-0.2, -0.15) is 0 Å². The highest BCUT2D eigenvalue weighted by molar-refractivity contribution is 7.17. The molecule has 0 radical (unpaired) electrons. The van der Waals surface area contributed by atoms with Gasteiger partial charge in [0.25, 0.3) is 0 Å². The molecule has 3 aliphatic rings. The van der Waals surface area contributed by atoms with Gasteiger partial charge in [-0.05, 0) is 175 Å². The van der Waals surface area contributed by atoms with Crippen molar-refractivity contribution < 1.29 is 29.7 Å². The van der Waals surface area contributed by atoms with Crippen LogP contribution >= 0.6 is 22.7 Å². The van der Waals surface area contributed by atoms with E-state index in [9.17, 15) is 29.7 Å². The van der Waals surface area contributed by atoms with Crippen LogP contribution in [-0.4, -0.2) is 77.4 Å². The second-order valence-corrected chi connectivity index (χ2v) is 18.7. The quantitative estimate of drug-likeness (QED) is 0.0553. The van der Waals surface area contributed by atoms with E-state index >= 15 is 0 Å². The van der Waals surface area contributed by atoms with Crippen molar-refractivity contribution in [2.24, 2.45) is 35.5 Å². The molecular formula is C46H54N4O6S2. The first-order valence-electron chi connectivity index (χ1n) is 20.8. The summed E-state index contributed by atoms with van der Waals surface area (Å²) in [4.78, 5) is 39.6. The van der Waals surface area contributed by atoms with Gasteiger partial charge in [0, 0.05) is 29.0 Å². The second-order valence-electron chi connectivity index (χ2n) is 16.9. The predicted molar refractivity (Wildman–Crippen MR) is 230 cm³/mol. The molecular weight excluding hydrogens is 769 g/mol. The number of fused-ring (bicyclic) bond motifs is 2. The van der Waals surface area contributed by atoms with Crippen LogP contribution in [0.1, 0.15) is 52.6 Å². The van der Waals surface area contributed by atoms with Crippen LogP contribution in [0, 0.1) is 35.5 Å². The molecule has 0 aliphatic carbocycles. The van der Waals surface area contributed by atoms with E-state index in [0.29, 0.717) is 38.9 Å². The number of thiophene rings is 2. The van der Waals surface area contributed by atoms with Gasteiger partial charge >= 0.3 is 17.9 Å². The van der Waals surface area contributed by atoms with Crippen molar-refractivity contribution >= 4 is 60.8 Å². The Bertz CT molecular complexity index is 2120. The molecule has 0 bridgehead atoms. The summed E-state index contributed by atoms with van der Waals surface area (Å²) in [5.41, 5.74) is 6.63. The zero-order valence-electron chi connectivity index (χ0n) is 32.8. The molecule has 3 aliphatic heterocycles. The molecule has 2 aromatic heterocycles. The lowest BCUT2D eigenvalue weighted by Gasteiger charge is -2.24. The maximum atomic E-state index is 12.4. The van der Waals surface area contributed by atoms with E-state index in [1.165, 1.54) is 20.5 Å². The fourth-order valence-corrected chi connectivity index (χ4v) is 11.6. The topological polar surface area (TPSA) is 151 Å². The van der Waals surface area contributed by atoms with Crippen molar-refractivity contribution in [3.05, 3.63) is 105 Å². The Balaban J connectivity index is 1.08. The van der Waals surface area contributed by atoms with Crippen molar-refractivity contribution in [1.29, 1.82) is 0 Å². The first kappa shape index (κ1) is 40.6. The minimum Gasteiger partial charge on any atom is -0.481 e. The third-order valence-electron chi connectivity index (χ3n) is 12.9. The first-order chi connectivity index (χ1) is 28.2. The number of carbonyl (C=O) groups is 3. The van der Waals surface area contributed by atoms with Gasteiger partial charge in [-0.25, -0.2) is 0 Å². The maximum absolute atomic E-state index is 12.4. The molecule has 12 heteroatoms. The monoisotopic (exact) mass is 822 g/mol. The SMILES string of the molecule is O=C(O)[C@@H](Cc1cccc(CN(Cc2csc3ccc(C[C@H](C(=O)O)[C@H]4CCNC4)cc23)Cc2csc3ccc(C[C@H](C(=O)O)[C@H]4CCNC4)cc23)c1)[C@H]1CCNC1. The number of carboxylic acids is 3. The summed E-state index contributed by atoms with van der Waals surface area (Å²) >= 11 is 3.42. The minimum absolute atomic E-state index is 0.118. The van der Waals surface area contributed by atoms with E-state index in [0.717, 1.165) is 91.6 Å². The second kappa shape index (κ2) is 18.4. The molecule has 0 unspecified atom stereocenters. The Morgan fingerprint density at radius 2 is 0.983 bits per heavy atom. The highest BCUT2D eigenvalue weighted by Gasteiger charge is 2.33. The lowest BCUT2D eigenvalue weighted by molar-refractivity contribution is -0.144. The Labute approximate surface area is 347 Å². The normalized spacial score (nSPS) is 21.2. The zero-order chi connectivity index (χ0) is 40.2. The van der Waals surface area contributed by atoms with Gasteiger partial charge in [-0.3, -0.25) is 19.3 Å². The Morgan fingerprint density at radius 3 is 1.38 bits per heavy atom. The molecule has 5 heterocycles. The van der Waals surface area contributed by atoms with Crippen molar-refractivity contribution in [2.75, 3.05) is 39.3 Å². The Kier molecular flexibility index (Phi) is 12.9. The van der Waals surface area contributed by atoms with Crippen molar-refractivity contribution in [3.8, 4) is 0 Å².